The predicted octanol–water partition coefficient (Wildman–Crippen LogP) is 4.28. The van der Waals surface area contributed by atoms with E-state index < -0.39 is 6.04 Å². The van der Waals surface area contributed by atoms with Crippen molar-refractivity contribution in [2.45, 2.75) is 65.3 Å². The van der Waals surface area contributed by atoms with E-state index in [-0.39, 0.29) is 23.0 Å². The smallest absolute Gasteiger partial charge is 0.268 e. The topological polar surface area (TPSA) is 115 Å². The summed E-state index contributed by atoms with van der Waals surface area (Å²) < 4.78 is 0. The molecule has 2 aromatic rings. The molecular formula is C26H30N4O3. The van der Waals surface area contributed by atoms with E-state index in [0.29, 0.717) is 53.3 Å². The normalized spacial score (nSPS) is 17.6. The van der Waals surface area contributed by atoms with Crippen LogP contribution >= 0.6 is 0 Å². The number of nitriles is 1. The molecule has 7 nitrogen and oxygen atoms in total. The summed E-state index contributed by atoms with van der Waals surface area (Å²) in [7, 11) is 0. The maximum Gasteiger partial charge on any atom is 0.268 e. The maximum atomic E-state index is 13.2. The molecule has 0 bridgehead atoms. The van der Waals surface area contributed by atoms with Crippen molar-refractivity contribution in [2.75, 3.05) is 5.32 Å². The van der Waals surface area contributed by atoms with E-state index >= 15 is 0 Å². The molecule has 1 aromatic carbocycles. The molecule has 1 unspecified atom stereocenters. The molecule has 7 heteroatoms. The van der Waals surface area contributed by atoms with Gasteiger partial charge in [-0.05, 0) is 67.3 Å². The van der Waals surface area contributed by atoms with Crippen LogP contribution in [0.15, 0.2) is 24.3 Å². The van der Waals surface area contributed by atoms with Gasteiger partial charge in [0.25, 0.3) is 5.91 Å². The SMILES string of the molecule is Cc1c(C(=O)NC(CCC2CC2)C(=O)Nc2ccc(C#N)cc2)[nH]c2c1C(=O)CC(C)(C)C2. The van der Waals surface area contributed by atoms with Crippen LogP contribution < -0.4 is 10.6 Å². The zero-order chi connectivity index (χ0) is 23.8. The van der Waals surface area contributed by atoms with Crippen LogP contribution in [0.1, 0.15) is 83.6 Å². The first kappa shape index (κ1) is 22.8. The molecule has 0 radical (unpaired) electrons. The highest BCUT2D eigenvalue weighted by Crippen LogP contribution is 2.37. The number of ketones is 1. The van der Waals surface area contributed by atoms with Crippen LogP contribution in [0.5, 0.6) is 0 Å². The van der Waals surface area contributed by atoms with Gasteiger partial charge in [0.1, 0.15) is 11.7 Å². The minimum Gasteiger partial charge on any atom is -0.354 e. The van der Waals surface area contributed by atoms with E-state index in [9.17, 15) is 14.4 Å². The summed E-state index contributed by atoms with van der Waals surface area (Å²) in [6.07, 6.45) is 4.91. The Labute approximate surface area is 194 Å². The Morgan fingerprint density at radius 1 is 1.21 bits per heavy atom. The van der Waals surface area contributed by atoms with Crippen LogP contribution in [0.4, 0.5) is 5.69 Å². The number of H-pyrrole nitrogens is 1. The number of aromatic amines is 1. The van der Waals surface area contributed by atoms with Crippen LogP contribution in [-0.2, 0) is 11.2 Å². The number of aromatic nitrogens is 1. The number of anilines is 1. The fourth-order valence-electron chi connectivity index (χ4n) is 4.63. The number of carbonyl (C=O) groups is 3. The second-order valence-corrected chi connectivity index (χ2v) is 10.1. The quantitative estimate of drug-likeness (QED) is 0.589. The van der Waals surface area contributed by atoms with E-state index in [1.165, 1.54) is 0 Å². The van der Waals surface area contributed by atoms with E-state index in [4.69, 9.17) is 5.26 Å². The molecule has 2 aliphatic carbocycles. The number of carbonyl (C=O) groups excluding carboxylic acids is 3. The average molecular weight is 447 g/mol. The third kappa shape index (κ3) is 5.16. The fraction of sp³-hybridized carbons (Fsp3) is 0.462. The zero-order valence-electron chi connectivity index (χ0n) is 19.4. The van der Waals surface area contributed by atoms with Gasteiger partial charge in [-0.15, -0.1) is 0 Å². The summed E-state index contributed by atoms with van der Waals surface area (Å²) in [4.78, 5) is 42.1. The third-order valence-electron chi connectivity index (χ3n) is 6.59. The Hall–Kier alpha value is -3.40. The summed E-state index contributed by atoms with van der Waals surface area (Å²) in [5, 5.41) is 14.7. The van der Waals surface area contributed by atoms with Gasteiger partial charge in [0, 0.05) is 23.4 Å². The van der Waals surface area contributed by atoms with Crippen molar-refractivity contribution in [3.8, 4) is 6.07 Å². The first-order chi connectivity index (χ1) is 15.7. The van der Waals surface area contributed by atoms with E-state index in [2.05, 4.69) is 21.7 Å². The van der Waals surface area contributed by atoms with E-state index in [1.807, 2.05) is 13.8 Å². The van der Waals surface area contributed by atoms with Gasteiger partial charge in [0.2, 0.25) is 5.91 Å². The maximum absolute atomic E-state index is 13.2. The molecule has 2 aliphatic rings. The molecule has 0 saturated heterocycles. The highest BCUT2D eigenvalue weighted by Gasteiger charge is 2.36. The fourth-order valence-corrected chi connectivity index (χ4v) is 4.63. The van der Waals surface area contributed by atoms with E-state index in [0.717, 1.165) is 25.0 Å². The predicted molar refractivity (Wildman–Crippen MR) is 125 cm³/mol. The van der Waals surface area contributed by atoms with Gasteiger partial charge in [-0.25, -0.2) is 0 Å². The summed E-state index contributed by atoms with van der Waals surface area (Å²) in [6.45, 7) is 5.88. The summed E-state index contributed by atoms with van der Waals surface area (Å²) >= 11 is 0. The minimum atomic E-state index is -0.694. The molecule has 2 amide bonds. The van der Waals surface area contributed by atoms with Crippen molar-refractivity contribution < 1.29 is 14.4 Å². The number of hydrogen-bond acceptors (Lipinski definition) is 4. The van der Waals surface area contributed by atoms with Crippen molar-refractivity contribution in [1.29, 1.82) is 5.26 Å². The van der Waals surface area contributed by atoms with Gasteiger partial charge in [-0.3, -0.25) is 14.4 Å². The lowest BCUT2D eigenvalue weighted by Gasteiger charge is -2.28. The Balaban J connectivity index is 1.51. The van der Waals surface area contributed by atoms with Gasteiger partial charge in [0.05, 0.1) is 11.6 Å². The Kier molecular flexibility index (Phi) is 6.11. The van der Waals surface area contributed by atoms with Crippen molar-refractivity contribution >= 4 is 23.3 Å². The number of benzene rings is 1. The second-order valence-electron chi connectivity index (χ2n) is 10.1. The van der Waals surface area contributed by atoms with Gasteiger partial charge >= 0.3 is 0 Å². The van der Waals surface area contributed by atoms with Gasteiger partial charge < -0.3 is 15.6 Å². The molecule has 1 heterocycles. The third-order valence-corrected chi connectivity index (χ3v) is 6.59. The molecule has 1 atom stereocenters. The molecule has 1 fully saturated rings. The second kappa shape index (κ2) is 8.86. The number of amides is 2. The molecular weight excluding hydrogens is 416 g/mol. The lowest BCUT2D eigenvalue weighted by Crippen LogP contribution is -2.44. The molecule has 1 aromatic heterocycles. The zero-order valence-corrected chi connectivity index (χ0v) is 19.4. The Morgan fingerprint density at radius 3 is 2.55 bits per heavy atom. The number of fused-ring (bicyclic) bond motifs is 1. The summed E-state index contributed by atoms with van der Waals surface area (Å²) in [5.74, 6) is 0.00701. The number of rotatable bonds is 7. The van der Waals surface area contributed by atoms with Crippen LogP contribution in [0.2, 0.25) is 0 Å². The first-order valence-corrected chi connectivity index (χ1v) is 11.5. The van der Waals surface area contributed by atoms with E-state index in [1.54, 1.807) is 31.2 Å². The number of hydrogen-bond donors (Lipinski definition) is 3. The average Bonchev–Trinajstić information content (AvgIpc) is 3.52. The Morgan fingerprint density at radius 2 is 1.91 bits per heavy atom. The molecule has 4 rings (SSSR count). The highest BCUT2D eigenvalue weighted by atomic mass is 16.2. The lowest BCUT2D eigenvalue weighted by atomic mass is 9.75. The summed E-state index contributed by atoms with van der Waals surface area (Å²) in [5.41, 5.74) is 3.36. The number of Topliss-reactive ketones (excluding diaryl/α,β-unsaturated/α-hetero) is 1. The number of nitrogens with one attached hydrogen (secondary N) is 3. The molecule has 0 aliphatic heterocycles. The largest absolute Gasteiger partial charge is 0.354 e. The molecule has 0 spiro atoms. The van der Waals surface area contributed by atoms with Crippen molar-refractivity contribution in [3.05, 3.63) is 52.3 Å². The lowest BCUT2D eigenvalue weighted by molar-refractivity contribution is -0.118. The standard InChI is InChI=1S/C26H30N4O3/c1-15-22-20(12-26(2,3)13-21(22)31)29-23(15)25(33)30-19(11-8-16-4-5-16)24(32)28-18-9-6-17(14-27)7-10-18/h6-7,9-10,16,19,29H,4-5,8,11-13H2,1-3H3,(H,28,32)(H,30,33). The van der Waals surface area contributed by atoms with Crippen LogP contribution in [0.25, 0.3) is 0 Å². The molecule has 3 N–H and O–H groups in total. The number of nitrogens with zero attached hydrogens (tertiary/aromatic N) is 1. The van der Waals surface area contributed by atoms with Gasteiger partial charge in [-0.1, -0.05) is 26.7 Å². The van der Waals surface area contributed by atoms with Crippen molar-refractivity contribution in [3.63, 3.8) is 0 Å². The monoisotopic (exact) mass is 446 g/mol. The van der Waals surface area contributed by atoms with Crippen LogP contribution in [0, 0.1) is 29.6 Å². The molecule has 33 heavy (non-hydrogen) atoms. The van der Waals surface area contributed by atoms with Crippen LogP contribution in [-0.4, -0.2) is 28.6 Å². The molecule has 1 saturated carbocycles. The van der Waals surface area contributed by atoms with Crippen LogP contribution in [0.3, 0.4) is 0 Å². The first-order valence-electron chi connectivity index (χ1n) is 11.5. The Bertz CT molecular complexity index is 1130. The highest BCUT2D eigenvalue weighted by molar-refractivity contribution is 6.06. The molecule has 172 valence electrons. The minimum absolute atomic E-state index is 0.0536. The van der Waals surface area contributed by atoms with Gasteiger partial charge in [-0.2, -0.15) is 5.26 Å². The van der Waals surface area contributed by atoms with Gasteiger partial charge in [0.15, 0.2) is 5.78 Å². The summed E-state index contributed by atoms with van der Waals surface area (Å²) in [6, 6.07) is 7.98. The van der Waals surface area contributed by atoms with Crippen molar-refractivity contribution in [1.82, 2.24) is 10.3 Å². The van der Waals surface area contributed by atoms with Crippen molar-refractivity contribution in [2.24, 2.45) is 11.3 Å².